The molecule has 4 N–H and O–H groups in total. The molecule has 0 saturated heterocycles. The maximum Gasteiger partial charge on any atom is 0.225 e. The van der Waals surface area contributed by atoms with Crippen LogP contribution in [-0.4, -0.2) is 16.1 Å². The van der Waals surface area contributed by atoms with Crippen molar-refractivity contribution in [2.45, 2.75) is 44.3 Å². The molecule has 2 aromatic rings. The summed E-state index contributed by atoms with van der Waals surface area (Å²) in [5, 5.41) is 6.96. The summed E-state index contributed by atoms with van der Waals surface area (Å²) in [5.41, 5.74) is 10.6. The van der Waals surface area contributed by atoms with E-state index in [1.165, 1.54) is 36.1 Å². The van der Waals surface area contributed by atoms with E-state index < -0.39 is 0 Å². The van der Waals surface area contributed by atoms with Crippen LogP contribution >= 0.6 is 15.9 Å². The van der Waals surface area contributed by atoms with Crippen molar-refractivity contribution < 1.29 is 0 Å². The second-order valence-electron chi connectivity index (χ2n) is 7.47. The van der Waals surface area contributed by atoms with Crippen LogP contribution in [0, 0.1) is 5.92 Å². The Hall–Kier alpha value is -2.12. The fourth-order valence-corrected chi connectivity index (χ4v) is 4.18. The molecule has 6 nitrogen and oxygen atoms in total. The minimum absolute atomic E-state index is 0.0232. The summed E-state index contributed by atoms with van der Waals surface area (Å²) in [6.07, 6.45) is 10.0. The number of benzene rings is 1. The van der Waals surface area contributed by atoms with Gasteiger partial charge in [0.05, 0.1) is 10.5 Å². The Morgan fingerprint density at radius 2 is 2.00 bits per heavy atom. The first kappa shape index (κ1) is 17.0. The van der Waals surface area contributed by atoms with E-state index >= 15 is 0 Å². The Balaban J connectivity index is 1.32. The summed E-state index contributed by atoms with van der Waals surface area (Å²) in [6.45, 7) is 0. The first-order valence-corrected chi connectivity index (χ1v) is 10.4. The highest BCUT2D eigenvalue weighted by Gasteiger charge is 2.30. The molecule has 27 heavy (non-hydrogen) atoms. The monoisotopic (exact) mass is 426 g/mol. The number of fused-ring (bicyclic) bond motifs is 1. The third kappa shape index (κ3) is 3.66. The van der Waals surface area contributed by atoms with Gasteiger partial charge in [-0.1, -0.05) is 24.3 Å². The Kier molecular flexibility index (Phi) is 4.49. The fraction of sp³-hybridized carbons (Fsp3) is 0.400. The van der Waals surface area contributed by atoms with Gasteiger partial charge in [-0.05, 0) is 71.2 Å². The summed E-state index contributed by atoms with van der Waals surface area (Å²) in [5.74, 6) is 2.13. The zero-order valence-electron chi connectivity index (χ0n) is 15.0. The number of rotatable bonds is 5. The van der Waals surface area contributed by atoms with Crippen LogP contribution in [0.4, 0.5) is 11.8 Å². The highest BCUT2D eigenvalue weighted by atomic mass is 79.9. The molecule has 140 valence electrons. The molecule has 7 heteroatoms. The van der Waals surface area contributed by atoms with Gasteiger partial charge in [-0.3, -0.25) is 0 Å². The molecular weight excluding hydrogens is 404 g/mol. The smallest absolute Gasteiger partial charge is 0.225 e. The Morgan fingerprint density at radius 1 is 1.11 bits per heavy atom. The number of hydrazine groups is 1. The highest BCUT2D eigenvalue weighted by Crippen LogP contribution is 2.36. The number of anilines is 2. The second-order valence-corrected chi connectivity index (χ2v) is 8.32. The van der Waals surface area contributed by atoms with E-state index in [2.05, 4.69) is 72.7 Å². The normalized spacial score (nSPS) is 24.0. The van der Waals surface area contributed by atoms with Gasteiger partial charge in [0.25, 0.3) is 0 Å². The summed E-state index contributed by atoms with van der Waals surface area (Å²) in [4.78, 5) is 9.18. The molecule has 2 heterocycles. The summed E-state index contributed by atoms with van der Waals surface area (Å²) in [7, 11) is 0. The number of aromatic nitrogens is 2. The molecule has 5 rings (SSSR count). The predicted octanol–water partition coefficient (Wildman–Crippen LogP) is 3.87. The molecule has 2 atom stereocenters. The van der Waals surface area contributed by atoms with Crippen LogP contribution in [0.3, 0.4) is 0 Å². The van der Waals surface area contributed by atoms with E-state index in [4.69, 9.17) is 4.98 Å². The number of nitrogens with zero attached hydrogens (tertiary/aromatic N) is 2. The van der Waals surface area contributed by atoms with Crippen molar-refractivity contribution in [2.24, 2.45) is 5.92 Å². The van der Waals surface area contributed by atoms with Crippen LogP contribution in [0.5, 0.6) is 0 Å². The molecule has 0 amide bonds. The molecule has 1 fully saturated rings. The summed E-state index contributed by atoms with van der Waals surface area (Å²) < 4.78 is 0.854. The fourth-order valence-electron chi connectivity index (χ4n) is 3.88. The topological polar surface area (TPSA) is 73.9 Å². The van der Waals surface area contributed by atoms with Crippen molar-refractivity contribution in [1.82, 2.24) is 20.8 Å². The summed E-state index contributed by atoms with van der Waals surface area (Å²) in [6, 6.07) is 8.92. The number of hydrogen-bond acceptors (Lipinski definition) is 6. The van der Waals surface area contributed by atoms with Crippen molar-refractivity contribution in [2.75, 3.05) is 10.6 Å². The van der Waals surface area contributed by atoms with E-state index in [1.807, 2.05) is 0 Å². The van der Waals surface area contributed by atoms with Gasteiger partial charge in [0.2, 0.25) is 5.95 Å². The maximum atomic E-state index is 4.71. The van der Waals surface area contributed by atoms with E-state index in [1.54, 1.807) is 6.20 Å². The van der Waals surface area contributed by atoms with Gasteiger partial charge in [-0.25, -0.2) is 10.4 Å². The van der Waals surface area contributed by atoms with E-state index in [0.717, 1.165) is 23.1 Å². The minimum atomic E-state index is 0.0232. The van der Waals surface area contributed by atoms with Gasteiger partial charge >= 0.3 is 0 Å². The first-order valence-electron chi connectivity index (χ1n) is 9.63. The molecule has 2 unspecified atom stereocenters. The molecule has 3 aliphatic rings. The van der Waals surface area contributed by atoms with E-state index in [9.17, 15) is 0 Å². The third-order valence-corrected chi connectivity index (χ3v) is 6.02. The van der Waals surface area contributed by atoms with Crippen LogP contribution in [-0.2, 0) is 6.42 Å². The second kappa shape index (κ2) is 7.13. The van der Waals surface area contributed by atoms with Gasteiger partial charge in [0, 0.05) is 11.9 Å². The lowest BCUT2D eigenvalue weighted by Crippen LogP contribution is -2.37. The Bertz CT molecular complexity index is 879. The highest BCUT2D eigenvalue weighted by molar-refractivity contribution is 9.10. The Labute approximate surface area is 167 Å². The van der Waals surface area contributed by atoms with E-state index in [0.29, 0.717) is 11.9 Å². The SMILES string of the molecule is Brc1cnc(NC2CCCc3ccccc32)nc1NC1C=C(C2CC2)NN1. The molecular formula is C20H23BrN6. The van der Waals surface area contributed by atoms with Crippen molar-refractivity contribution in [1.29, 1.82) is 0 Å². The lowest BCUT2D eigenvalue weighted by atomic mass is 9.88. The molecule has 0 radical (unpaired) electrons. The molecule has 1 aliphatic heterocycles. The number of allylic oxidation sites excluding steroid dienone is 1. The van der Waals surface area contributed by atoms with E-state index in [-0.39, 0.29) is 12.2 Å². The quantitative estimate of drug-likeness (QED) is 0.581. The van der Waals surface area contributed by atoms with Crippen LogP contribution in [0.1, 0.15) is 42.9 Å². The van der Waals surface area contributed by atoms with Crippen molar-refractivity contribution in [3.8, 4) is 0 Å². The van der Waals surface area contributed by atoms with Crippen molar-refractivity contribution in [3.63, 3.8) is 0 Å². The largest absolute Gasteiger partial charge is 0.349 e. The van der Waals surface area contributed by atoms with Crippen LogP contribution in [0.2, 0.25) is 0 Å². The van der Waals surface area contributed by atoms with Crippen molar-refractivity contribution in [3.05, 3.63) is 57.8 Å². The van der Waals surface area contributed by atoms with Gasteiger partial charge in [0.1, 0.15) is 12.0 Å². The standard InChI is InChI=1S/C20H23BrN6/c21-15-11-22-20(23-16-7-3-5-12-4-1-2-6-14(12)16)25-19(15)24-18-10-17(26-27-18)13-8-9-13/h1-2,4,6,10-11,13,16,18,26-27H,3,5,7-9H2,(H2,22,23,24,25). The zero-order chi connectivity index (χ0) is 18.2. The van der Waals surface area contributed by atoms with Crippen LogP contribution in [0.25, 0.3) is 0 Å². The maximum absolute atomic E-state index is 4.71. The molecule has 2 aliphatic carbocycles. The molecule has 0 bridgehead atoms. The lowest BCUT2D eigenvalue weighted by molar-refractivity contribution is 0.594. The average molecular weight is 427 g/mol. The molecule has 1 aromatic heterocycles. The van der Waals surface area contributed by atoms with Gasteiger partial charge in [-0.15, -0.1) is 0 Å². The van der Waals surface area contributed by atoms with Crippen molar-refractivity contribution >= 4 is 27.7 Å². The molecule has 1 saturated carbocycles. The minimum Gasteiger partial charge on any atom is -0.349 e. The Morgan fingerprint density at radius 3 is 2.89 bits per heavy atom. The van der Waals surface area contributed by atoms with Crippen LogP contribution in [0.15, 0.2) is 46.7 Å². The van der Waals surface area contributed by atoms with Crippen LogP contribution < -0.4 is 21.5 Å². The van der Waals surface area contributed by atoms with Gasteiger partial charge < -0.3 is 16.1 Å². The molecule has 1 aromatic carbocycles. The first-order chi connectivity index (χ1) is 13.3. The predicted molar refractivity (Wildman–Crippen MR) is 110 cm³/mol. The van der Waals surface area contributed by atoms with Gasteiger partial charge in [0.15, 0.2) is 0 Å². The average Bonchev–Trinajstić information content (AvgIpc) is 3.44. The van der Waals surface area contributed by atoms with Gasteiger partial charge in [-0.2, -0.15) is 4.98 Å². The number of aryl methyl sites for hydroxylation is 1. The molecule has 0 spiro atoms. The number of nitrogens with one attached hydrogen (secondary N) is 4. The number of halogens is 1. The summed E-state index contributed by atoms with van der Waals surface area (Å²) >= 11 is 3.56. The zero-order valence-corrected chi connectivity index (χ0v) is 16.6. The third-order valence-electron chi connectivity index (χ3n) is 5.44. The number of hydrogen-bond donors (Lipinski definition) is 4. The lowest BCUT2D eigenvalue weighted by Gasteiger charge is -2.26.